The van der Waals surface area contributed by atoms with Gasteiger partial charge in [0.15, 0.2) is 6.10 Å². The molecular weight excluding hydrogens is 234 g/mol. The molecule has 0 aliphatic rings. The van der Waals surface area contributed by atoms with Crippen LogP contribution in [-0.2, 0) is 9.53 Å². The first-order valence-electron chi connectivity index (χ1n) is 5.56. The molecule has 0 bridgehead atoms. The molecule has 1 unspecified atom stereocenters. The van der Waals surface area contributed by atoms with Crippen molar-refractivity contribution < 1.29 is 19.4 Å². The summed E-state index contributed by atoms with van der Waals surface area (Å²) < 4.78 is 4.74. The molecule has 5 heteroatoms. The predicted octanol–water partition coefficient (Wildman–Crippen LogP) is 1.13. The van der Waals surface area contributed by atoms with Crippen LogP contribution in [0.5, 0.6) is 0 Å². The van der Waals surface area contributed by atoms with Gasteiger partial charge in [-0.05, 0) is 25.5 Å². The van der Waals surface area contributed by atoms with Crippen molar-refractivity contribution in [2.45, 2.75) is 20.0 Å². The van der Waals surface area contributed by atoms with Crippen LogP contribution in [0.25, 0.3) is 0 Å². The Morgan fingerprint density at radius 1 is 1.39 bits per heavy atom. The molecule has 0 saturated heterocycles. The molecule has 0 aromatic heterocycles. The van der Waals surface area contributed by atoms with Crippen molar-refractivity contribution in [3.63, 3.8) is 0 Å². The standard InChI is InChI=1S/C13H17NO4/c1-8-4-5-9(2)10(6-8)12(15)14-7-11(18-3)13(16)17/h4-6,11H,7H2,1-3H3,(H,14,15)(H,16,17). The summed E-state index contributed by atoms with van der Waals surface area (Å²) in [5.41, 5.74) is 2.38. The van der Waals surface area contributed by atoms with Gasteiger partial charge in [-0.25, -0.2) is 4.79 Å². The maximum Gasteiger partial charge on any atom is 0.334 e. The molecule has 1 rings (SSSR count). The summed E-state index contributed by atoms with van der Waals surface area (Å²) in [4.78, 5) is 22.6. The van der Waals surface area contributed by atoms with Crippen LogP contribution in [0, 0.1) is 13.8 Å². The van der Waals surface area contributed by atoms with Crippen LogP contribution in [0.15, 0.2) is 18.2 Å². The summed E-state index contributed by atoms with van der Waals surface area (Å²) in [5.74, 6) is -1.39. The Morgan fingerprint density at radius 3 is 2.61 bits per heavy atom. The van der Waals surface area contributed by atoms with Gasteiger partial charge in [0.25, 0.3) is 5.91 Å². The highest BCUT2D eigenvalue weighted by molar-refractivity contribution is 5.96. The minimum Gasteiger partial charge on any atom is -0.479 e. The summed E-state index contributed by atoms with van der Waals surface area (Å²) in [6.07, 6.45) is -1.03. The van der Waals surface area contributed by atoms with Crippen LogP contribution in [0.1, 0.15) is 21.5 Å². The van der Waals surface area contributed by atoms with Gasteiger partial charge >= 0.3 is 5.97 Å². The average molecular weight is 251 g/mol. The minimum atomic E-state index is -1.10. The fourth-order valence-corrected chi connectivity index (χ4v) is 1.53. The Kier molecular flexibility index (Phi) is 4.85. The summed E-state index contributed by atoms with van der Waals surface area (Å²) >= 11 is 0. The SMILES string of the molecule is COC(CNC(=O)c1cc(C)ccc1C)C(=O)O. The van der Waals surface area contributed by atoms with E-state index in [1.165, 1.54) is 7.11 Å². The molecule has 98 valence electrons. The highest BCUT2D eigenvalue weighted by Gasteiger charge is 2.18. The van der Waals surface area contributed by atoms with Crippen LogP contribution in [0.2, 0.25) is 0 Å². The van der Waals surface area contributed by atoms with E-state index in [0.717, 1.165) is 11.1 Å². The molecule has 0 aliphatic heterocycles. The van der Waals surface area contributed by atoms with Gasteiger partial charge in [0.2, 0.25) is 0 Å². The lowest BCUT2D eigenvalue weighted by Gasteiger charge is -2.12. The number of hydrogen-bond donors (Lipinski definition) is 2. The third-order valence-electron chi connectivity index (χ3n) is 2.65. The number of ether oxygens (including phenoxy) is 1. The number of aryl methyl sites for hydroxylation is 2. The zero-order valence-corrected chi connectivity index (χ0v) is 10.7. The van der Waals surface area contributed by atoms with Gasteiger partial charge in [0, 0.05) is 12.7 Å². The first-order valence-corrected chi connectivity index (χ1v) is 5.56. The number of amides is 1. The Hall–Kier alpha value is -1.88. The Bertz CT molecular complexity index is 456. The van der Waals surface area contributed by atoms with Crippen molar-refractivity contribution in [1.29, 1.82) is 0 Å². The van der Waals surface area contributed by atoms with Gasteiger partial charge in [-0.3, -0.25) is 4.79 Å². The van der Waals surface area contributed by atoms with E-state index in [9.17, 15) is 9.59 Å². The zero-order chi connectivity index (χ0) is 13.7. The molecule has 0 radical (unpaired) electrons. The van der Waals surface area contributed by atoms with Crippen LogP contribution >= 0.6 is 0 Å². The lowest BCUT2D eigenvalue weighted by molar-refractivity contribution is -0.148. The number of aliphatic carboxylic acids is 1. The van der Waals surface area contributed by atoms with Crippen LogP contribution in [0.4, 0.5) is 0 Å². The third-order valence-corrected chi connectivity index (χ3v) is 2.65. The van der Waals surface area contributed by atoms with Crippen molar-refractivity contribution in [3.05, 3.63) is 34.9 Å². The molecule has 18 heavy (non-hydrogen) atoms. The Labute approximate surface area is 106 Å². The molecule has 0 fully saturated rings. The van der Waals surface area contributed by atoms with Crippen molar-refractivity contribution in [3.8, 4) is 0 Å². The second-order valence-electron chi connectivity index (χ2n) is 4.09. The number of carbonyl (C=O) groups excluding carboxylic acids is 1. The predicted molar refractivity (Wildman–Crippen MR) is 66.7 cm³/mol. The van der Waals surface area contributed by atoms with Crippen molar-refractivity contribution in [1.82, 2.24) is 5.32 Å². The van der Waals surface area contributed by atoms with Crippen molar-refractivity contribution in [2.75, 3.05) is 13.7 Å². The van der Waals surface area contributed by atoms with E-state index in [1.54, 1.807) is 6.07 Å². The molecular formula is C13H17NO4. The average Bonchev–Trinajstić information content (AvgIpc) is 2.32. The lowest BCUT2D eigenvalue weighted by atomic mass is 10.1. The van der Waals surface area contributed by atoms with Gasteiger partial charge in [-0.15, -0.1) is 0 Å². The molecule has 0 spiro atoms. The van der Waals surface area contributed by atoms with E-state index in [0.29, 0.717) is 5.56 Å². The number of hydrogen-bond acceptors (Lipinski definition) is 3. The molecule has 5 nitrogen and oxygen atoms in total. The second-order valence-corrected chi connectivity index (χ2v) is 4.09. The van der Waals surface area contributed by atoms with Gasteiger partial charge in [0.1, 0.15) is 0 Å². The minimum absolute atomic E-state index is 0.0575. The molecule has 0 aliphatic carbocycles. The van der Waals surface area contributed by atoms with E-state index in [4.69, 9.17) is 9.84 Å². The van der Waals surface area contributed by atoms with Crippen molar-refractivity contribution >= 4 is 11.9 Å². The third kappa shape index (κ3) is 3.56. The smallest absolute Gasteiger partial charge is 0.334 e. The molecule has 1 atom stereocenters. The quantitative estimate of drug-likeness (QED) is 0.822. The fraction of sp³-hybridized carbons (Fsp3) is 0.385. The highest BCUT2D eigenvalue weighted by Crippen LogP contribution is 2.10. The van der Waals surface area contributed by atoms with Gasteiger partial charge in [0.05, 0.1) is 6.54 Å². The number of benzene rings is 1. The molecule has 1 amide bonds. The normalized spacial score (nSPS) is 11.9. The van der Waals surface area contributed by atoms with E-state index in [1.807, 2.05) is 26.0 Å². The summed E-state index contributed by atoms with van der Waals surface area (Å²) in [5, 5.41) is 11.3. The lowest BCUT2D eigenvalue weighted by Crippen LogP contribution is -2.38. The van der Waals surface area contributed by atoms with E-state index in [2.05, 4.69) is 5.32 Å². The highest BCUT2D eigenvalue weighted by atomic mass is 16.5. The molecule has 2 N–H and O–H groups in total. The monoisotopic (exact) mass is 251 g/mol. The van der Waals surface area contributed by atoms with Gasteiger partial charge < -0.3 is 15.2 Å². The van der Waals surface area contributed by atoms with Gasteiger partial charge in [-0.1, -0.05) is 17.7 Å². The molecule has 1 aromatic carbocycles. The first-order chi connectivity index (χ1) is 8.45. The van der Waals surface area contributed by atoms with Crippen molar-refractivity contribution in [2.24, 2.45) is 0 Å². The summed E-state index contributed by atoms with van der Waals surface area (Å²) in [7, 11) is 1.29. The summed E-state index contributed by atoms with van der Waals surface area (Å²) in [6, 6.07) is 5.55. The molecule has 0 saturated carbocycles. The summed E-state index contributed by atoms with van der Waals surface area (Å²) in [6.45, 7) is 3.67. The van der Waals surface area contributed by atoms with E-state index < -0.39 is 12.1 Å². The maximum atomic E-state index is 11.9. The van der Waals surface area contributed by atoms with E-state index >= 15 is 0 Å². The van der Waals surface area contributed by atoms with Crippen LogP contribution < -0.4 is 5.32 Å². The number of methoxy groups -OCH3 is 1. The second kappa shape index (κ2) is 6.16. The van der Waals surface area contributed by atoms with E-state index in [-0.39, 0.29) is 12.5 Å². The molecule has 0 heterocycles. The van der Waals surface area contributed by atoms with Gasteiger partial charge in [-0.2, -0.15) is 0 Å². The first kappa shape index (κ1) is 14.2. The van der Waals surface area contributed by atoms with Crippen LogP contribution in [0.3, 0.4) is 0 Å². The zero-order valence-electron chi connectivity index (χ0n) is 10.7. The Morgan fingerprint density at radius 2 is 2.06 bits per heavy atom. The van der Waals surface area contributed by atoms with Crippen LogP contribution in [-0.4, -0.2) is 36.7 Å². The largest absolute Gasteiger partial charge is 0.479 e. The number of carbonyl (C=O) groups is 2. The maximum absolute atomic E-state index is 11.9. The number of carboxylic acids is 1. The Balaban J connectivity index is 2.71. The topological polar surface area (TPSA) is 75.6 Å². The number of rotatable bonds is 5. The number of nitrogens with one attached hydrogen (secondary N) is 1. The number of carboxylic acid groups (broad SMARTS) is 1. The molecule has 1 aromatic rings. The fourth-order valence-electron chi connectivity index (χ4n) is 1.53.